The van der Waals surface area contributed by atoms with Crippen LogP contribution in [0.1, 0.15) is 87.5 Å². The van der Waals surface area contributed by atoms with Gasteiger partial charge in [-0.3, -0.25) is 14.4 Å². The van der Waals surface area contributed by atoms with E-state index in [-0.39, 0.29) is 43.1 Å². The summed E-state index contributed by atoms with van der Waals surface area (Å²) in [5, 5.41) is 74.5. The number of fused-ring (bicyclic) bond motifs is 5. The Hall–Kier alpha value is -2.03. The predicted molar refractivity (Wildman–Crippen MR) is 171 cm³/mol. The number of aliphatic hydroxyl groups excluding tert-OH is 5. The van der Waals surface area contributed by atoms with Crippen molar-refractivity contribution in [1.29, 1.82) is 0 Å². The second-order valence-corrected chi connectivity index (χ2v) is 17.1. The lowest BCUT2D eigenvalue weighted by atomic mass is 9.39. The molecular formula is C36H54O12. The smallest absolute Gasteiger partial charge is 0.229 e. The van der Waals surface area contributed by atoms with Crippen molar-refractivity contribution in [2.75, 3.05) is 6.61 Å². The van der Waals surface area contributed by atoms with Gasteiger partial charge in [-0.25, -0.2) is 0 Å². The summed E-state index contributed by atoms with van der Waals surface area (Å²) in [6, 6.07) is 0. The fourth-order valence-electron chi connectivity index (χ4n) is 10.2. The largest absolute Gasteiger partial charge is 0.459 e. The molecule has 1 saturated heterocycles. The van der Waals surface area contributed by atoms with E-state index in [0.717, 1.165) is 5.57 Å². The second kappa shape index (κ2) is 11.8. The summed E-state index contributed by atoms with van der Waals surface area (Å²) < 4.78 is 11.5. The van der Waals surface area contributed by atoms with E-state index in [0.29, 0.717) is 6.42 Å². The van der Waals surface area contributed by atoms with Crippen molar-refractivity contribution in [3.8, 4) is 0 Å². The zero-order valence-electron chi connectivity index (χ0n) is 29.3. The van der Waals surface area contributed by atoms with E-state index >= 15 is 0 Å². The van der Waals surface area contributed by atoms with E-state index in [1.165, 1.54) is 6.92 Å². The molecule has 3 fully saturated rings. The number of allylic oxidation sites excluding steroid dienone is 4. The van der Waals surface area contributed by atoms with Gasteiger partial charge in [-0.05, 0) is 76.7 Å². The SMILES string of the molecule is CC(C)(O)CCC(=O)[C@](C)(O)[C@H]1[C@H](O)C[C@@]2(C)[C@H]3CC=C4[C@@H](C=C(O[C@@H]5O[C@H](CO)[C@@H](O)[C@H](O)[C@H]5O)C(=O)C4(C)C)[C@]3(C)C(=O)C[C@]12C. The minimum absolute atomic E-state index is 0.0396. The molecule has 12 nitrogen and oxygen atoms in total. The van der Waals surface area contributed by atoms with E-state index < -0.39 is 99.7 Å². The highest BCUT2D eigenvalue weighted by molar-refractivity contribution is 6.02. The molecule has 0 aromatic carbocycles. The van der Waals surface area contributed by atoms with Crippen molar-refractivity contribution in [2.45, 2.75) is 136 Å². The second-order valence-electron chi connectivity index (χ2n) is 17.1. The Morgan fingerprint density at radius 1 is 0.979 bits per heavy atom. The Morgan fingerprint density at radius 3 is 2.19 bits per heavy atom. The average Bonchev–Trinajstić information content (AvgIpc) is 3.19. The molecule has 0 bridgehead atoms. The van der Waals surface area contributed by atoms with Crippen molar-refractivity contribution in [1.82, 2.24) is 0 Å². The molecule has 7 N–H and O–H groups in total. The first-order valence-corrected chi connectivity index (χ1v) is 17.0. The van der Waals surface area contributed by atoms with Crippen molar-refractivity contribution in [2.24, 2.45) is 39.4 Å². The summed E-state index contributed by atoms with van der Waals surface area (Å²) in [5.74, 6) is -3.21. The third kappa shape index (κ3) is 5.28. The number of ketones is 3. The van der Waals surface area contributed by atoms with Crippen LogP contribution in [0.25, 0.3) is 0 Å². The van der Waals surface area contributed by atoms with Gasteiger partial charge in [-0.1, -0.05) is 32.4 Å². The Kier molecular flexibility index (Phi) is 9.12. The van der Waals surface area contributed by atoms with Crippen LogP contribution >= 0.6 is 0 Å². The topological polar surface area (TPSA) is 211 Å². The summed E-state index contributed by atoms with van der Waals surface area (Å²) in [4.78, 5) is 42.0. The third-order valence-electron chi connectivity index (χ3n) is 13.2. The van der Waals surface area contributed by atoms with E-state index in [2.05, 4.69) is 0 Å². The van der Waals surface area contributed by atoms with Gasteiger partial charge in [0.2, 0.25) is 12.1 Å². The summed E-state index contributed by atoms with van der Waals surface area (Å²) in [6.07, 6.45) is -4.80. The van der Waals surface area contributed by atoms with Crippen LogP contribution in [0, 0.1) is 39.4 Å². The van der Waals surface area contributed by atoms with Gasteiger partial charge in [0.15, 0.2) is 11.5 Å². The predicted octanol–water partition coefficient (Wildman–Crippen LogP) is 1.10. The zero-order valence-corrected chi connectivity index (χ0v) is 29.3. The lowest BCUT2D eigenvalue weighted by Crippen LogP contribution is -2.64. The molecule has 1 heterocycles. The maximum atomic E-state index is 14.7. The number of Topliss-reactive ketones (excluding diaryl/α,β-unsaturated/α-hetero) is 3. The van der Waals surface area contributed by atoms with Crippen molar-refractivity contribution in [3.63, 3.8) is 0 Å². The zero-order chi connectivity index (χ0) is 36.2. The molecule has 0 unspecified atom stereocenters. The molecule has 5 rings (SSSR count). The fourth-order valence-corrected chi connectivity index (χ4v) is 10.2. The van der Waals surface area contributed by atoms with Crippen LogP contribution in [0.2, 0.25) is 0 Å². The molecule has 48 heavy (non-hydrogen) atoms. The molecule has 0 radical (unpaired) electrons. The summed E-state index contributed by atoms with van der Waals surface area (Å²) in [6.45, 7) is 13.1. The molecular weight excluding hydrogens is 624 g/mol. The van der Waals surface area contributed by atoms with Crippen molar-refractivity contribution < 1.29 is 59.6 Å². The van der Waals surface area contributed by atoms with Gasteiger partial charge in [0.1, 0.15) is 35.8 Å². The van der Waals surface area contributed by atoms with E-state index in [1.54, 1.807) is 33.8 Å². The Bertz CT molecular complexity index is 1410. The minimum atomic E-state index is -1.97. The maximum Gasteiger partial charge on any atom is 0.229 e. The van der Waals surface area contributed by atoms with Crippen molar-refractivity contribution in [3.05, 3.63) is 23.5 Å². The maximum absolute atomic E-state index is 14.7. The lowest BCUT2D eigenvalue weighted by molar-refractivity contribution is -0.291. The van der Waals surface area contributed by atoms with Gasteiger partial charge in [-0.2, -0.15) is 0 Å². The summed E-state index contributed by atoms with van der Waals surface area (Å²) in [7, 11) is 0. The average molecular weight is 679 g/mol. The number of hydrogen-bond donors (Lipinski definition) is 7. The van der Waals surface area contributed by atoms with Crippen LogP contribution in [0.3, 0.4) is 0 Å². The lowest BCUT2D eigenvalue weighted by Gasteiger charge is -2.63. The van der Waals surface area contributed by atoms with Crippen LogP contribution in [0.15, 0.2) is 23.5 Å². The normalized spacial score (nSPS) is 45.3. The number of carbonyl (C=O) groups is 3. The van der Waals surface area contributed by atoms with E-state index in [4.69, 9.17) is 9.47 Å². The Labute approximate surface area is 281 Å². The molecule has 0 aromatic heterocycles. The number of carbonyl (C=O) groups excluding carboxylic acids is 3. The molecule has 0 aromatic rings. The van der Waals surface area contributed by atoms with Gasteiger partial charge < -0.3 is 45.2 Å². The van der Waals surface area contributed by atoms with Gasteiger partial charge >= 0.3 is 0 Å². The number of hydrogen-bond acceptors (Lipinski definition) is 12. The van der Waals surface area contributed by atoms with Gasteiger partial charge in [0, 0.05) is 30.1 Å². The minimum Gasteiger partial charge on any atom is -0.459 e. The highest BCUT2D eigenvalue weighted by Gasteiger charge is 2.74. The Balaban J connectivity index is 1.53. The van der Waals surface area contributed by atoms with Crippen LogP contribution in [-0.2, 0) is 23.9 Å². The van der Waals surface area contributed by atoms with E-state index in [9.17, 15) is 50.1 Å². The van der Waals surface area contributed by atoms with Gasteiger partial charge in [0.05, 0.1) is 23.7 Å². The molecule has 1 aliphatic heterocycles. The first kappa shape index (κ1) is 37.2. The highest BCUT2D eigenvalue weighted by atomic mass is 16.7. The van der Waals surface area contributed by atoms with Gasteiger partial charge in [0.25, 0.3) is 0 Å². The number of rotatable bonds is 8. The first-order chi connectivity index (χ1) is 21.9. The number of aliphatic hydroxyl groups is 7. The van der Waals surface area contributed by atoms with Crippen molar-refractivity contribution >= 4 is 17.3 Å². The molecule has 12 heteroatoms. The number of ether oxygens (including phenoxy) is 2. The van der Waals surface area contributed by atoms with E-state index in [1.807, 2.05) is 26.8 Å². The molecule has 13 atom stereocenters. The molecule has 0 spiro atoms. The summed E-state index contributed by atoms with van der Waals surface area (Å²) >= 11 is 0. The third-order valence-corrected chi connectivity index (χ3v) is 13.2. The molecule has 4 aliphatic carbocycles. The van der Waals surface area contributed by atoms with Crippen LogP contribution in [-0.4, -0.2) is 108 Å². The Morgan fingerprint density at radius 2 is 1.60 bits per heavy atom. The molecule has 270 valence electrons. The van der Waals surface area contributed by atoms with Gasteiger partial charge in [-0.15, -0.1) is 0 Å². The first-order valence-electron chi connectivity index (χ1n) is 17.0. The monoisotopic (exact) mass is 678 g/mol. The molecule has 5 aliphatic rings. The fraction of sp³-hybridized carbons (Fsp3) is 0.806. The highest BCUT2D eigenvalue weighted by Crippen LogP contribution is 2.74. The van der Waals surface area contributed by atoms with Crippen LogP contribution in [0.5, 0.6) is 0 Å². The molecule has 2 saturated carbocycles. The van der Waals surface area contributed by atoms with Crippen LogP contribution < -0.4 is 0 Å². The molecule has 0 amide bonds. The quantitative estimate of drug-likeness (QED) is 0.180. The van der Waals surface area contributed by atoms with Crippen LogP contribution in [0.4, 0.5) is 0 Å². The standard InChI is InChI=1S/C36H54O12/c1-31(2,45)12-11-23(39)36(8,46)28-19(38)14-33(5)22-10-9-17-18(35(22,7)24(40)15-34(28,33)6)13-20(29(44)32(17,3)4)47-30-27(43)26(42)25(41)21(16-37)48-30/h9,13,18-19,21-22,25-28,30,37-38,41-43,45-46H,10-12,14-16H2,1-8H3/t18-,19-,21-,22-,25-,26+,27-,28+,30-,33+,34-,35+,36+/m1/s1. The summed E-state index contributed by atoms with van der Waals surface area (Å²) in [5.41, 5.74) is -6.30.